The Hall–Kier alpha value is -2.79. The molecule has 0 saturated heterocycles. The summed E-state index contributed by atoms with van der Waals surface area (Å²) in [6.45, 7) is 0. The van der Waals surface area contributed by atoms with Gasteiger partial charge in [0.25, 0.3) is 5.79 Å². The lowest BCUT2D eigenvalue weighted by Crippen LogP contribution is -2.26. The minimum Gasteiger partial charge on any atom is -0.497 e. The minimum atomic E-state index is -1.79. The third-order valence-electron chi connectivity index (χ3n) is 4.01. The summed E-state index contributed by atoms with van der Waals surface area (Å²) in [7, 11) is 1.58. The number of hydrogen-bond acceptors (Lipinski definition) is 4. The Morgan fingerprint density at radius 1 is 1.18 bits per heavy atom. The van der Waals surface area contributed by atoms with Crippen LogP contribution in [0.4, 0.5) is 0 Å². The number of H-pyrrole nitrogens is 1. The van der Waals surface area contributed by atoms with Crippen molar-refractivity contribution < 1.29 is 19.4 Å². The molecule has 0 radical (unpaired) electrons. The summed E-state index contributed by atoms with van der Waals surface area (Å²) in [5.74, 6) is -1.66. The average Bonchev–Trinajstić information content (AvgIpc) is 3.08. The first-order valence-corrected chi connectivity index (χ1v) is 6.84. The number of aromatic amines is 1. The summed E-state index contributed by atoms with van der Waals surface area (Å²) in [4.78, 5) is 15.1. The number of cyclic esters (lactones) is 1. The van der Waals surface area contributed by atoms with Gasteiger partial charge in [-0.1, -0.05) is 18.2 Å². The molecule has 0 spiro atoms. The molecule has 5 nitrogen and oxygen atoms in total. The lowest BCUT2D eigenvalue weighted by Gasteiger charge is -2.21. The minimum absolute atomic E-state index is 0.377. The number of carbonyl (C=O) groups is 1. The van der Waals surface area contributed by atoms with Gasteiger partial charge in [-0.05, 0) is 24.3 Å². The van der Waals surface area contributed by atoms with E-state index in [1.54, 1.807) is 43.6 Å². The van der Waals surface area contributed by atoms with Crippen molar-refractivity contribution in [2.75, 3.05) is 7.11 Å². The summed E-state index contributed by atoms with van der Waals surface area (Å²) < 4.78 is 10.5. The van der Waals surface area contributed by atoms with Crippen molar-refractivity contribution in [2.45, 2.75) is 5.79 Å². The number of esters is 1. The highest BCUT2D eigenvalue weighted by atomic mass is 16.7. The first-order valence-electron chi connectivity index (χ1n) is 6.84. The maximum absolute atomic E-state index is 12.0. The van der Waals surface area contributed by atoms with Crippen LogP contribution in [0.2, 0.25) is 0 Å². The third-order valence-corrected chi connectivity index (χ3v) is 4.01. The zero-order valence-corrected chi connectivity index (χ0v) is 11.8. The van der Waals surface area contributed by atoms with Crippen LogP contribution in [-0.2, 0) is 10.5 Å². The fourth-order valence-electron chi connectivity index (χ4n) is 2.91. The van der Waals surface area contributed by atoms with Gasteiger partial charge in [-0.3, -0.25) is 0 Å². The van der Waals surface area contributed by atoms with E-state index in [-0.39, 0.29) is 0 Å². The van der Waals surface area contributed by atoms with Crippen molar-refractivity contribution in [3.8, 4) is 5.75 Å². The van der Waals surface area contributed by atoms with Crippen LogP contribution in [0, 0.1) is 0 Å². The SMILES string of the molecule is COc1ccc2[nH]cc(C3(O)OC(=O)c4ccccc43)c2c1. The van der Waals surface area contributed by atoms with E-state index in [0.717, 1.165) is 10.9 Å². The molecule has 1 aliphatic rings. The van der Waals surface area contributed by atoms with Crippen LogP contribution < -0.4 is 4.74 Å². The highest BCUT2D eigenvalue weighted by molar-refractivity contribution is 5.96. The molecule has 2 N–H and O–H groups in total. The standard InChI is InChI=1S/C17H13NO4/c1-21-10-6-7-15-12(8-10)14(9-18-15)17(20)13-5-3-2-4-11(13)16(19)22-17/h2-9,18,20H,1H3. The maximum Gasteiger partial charge on any atom is 0.341 e. The molecule has 0 amide bonds. The molecule has 110 valence electrons. The van der Waals surface area contributed by atoms with E-state index in [1.165, 1.54) is 0 Å². The van der Waals surface area contributed by atoms with E-state index in [9.17, 15) is 9.90 Å². The molecule has 0 fully saturated rings. The van der Waals surface area contributed by atoms with Crippen LogP contribution in [0.5, 0.6) is 5.75 Å². The van der Waals surface area contributed by atoms with E-state index in [2.05, 4.69) is 4.98 Å². The van der Waals surface area contributed by atoms with Crippen LogP contribution >= 0.6 is 0 Å². The summed E-state index contributed by atoms with van der Waals surface area (Å²) in [6, 6.07) is 12.3. The van der Waals surface area contributed by atoms with E-state index in [4.69, 9.17) is 9.47 Å². The fourth-order valence-corrected chi connectivity index (χ4v) is 2.91. The second-order valence-corrected chi connectivity index (χ2v) is 5.19. The van der Waals surface area contributed by atoms with Gasteiger partial charge in [0.1, 0.15) is 5.75 Å². The smallest absolute Gasteiger partial charge is 0.341 e. The van der Waals surface area contributed by atoms with Gasteiger partial charge in [0.05, 0.1) is 18.2 Å². The number of nitrogens with one attached hydrogen (secondary N) is 1. The normalized spacial score (nSPS) is 20.0. The molecule has 1 unspecified atom stereocenters. The zero-order valence-electron chi connectivity index (χ0n) is 11.8. The molecule has 2 heterocycles. The molecule has 22 heavy (non-hydrogen) atoms. The second kappa shape index (κ2) is 4.35. The predicted octanol–water partition coefficient (Wildman–Crippen LogP) is 2.54. The van der Waals surface area contributed by atoms with Gasteiger partial charge < -0.3 is 19.6 Å². The Bertz CT molecular complexity index is 899. The Kier molecular flexibility index (Phi) is 2.55. The molecule has 4 rings (SSSR count). The molecule has 0 aliphatic carbocycles. The molecular formula is C17H13NO4. The molecule has 3 aromatic rings. The zero-order chi connectivity index (χ0) is 15.3. The number of hydrogen-bond donors (Lipinski definition) is 2. The maximum atomic E-state index is 12.0. The number of benzene rings is 2. The van der Waals surface area contributed by atoms with Crippen LogP contribution in [-0.4, -0.2) is 23.2 Å². The van der Waals surface area contributed by atoms with Gasteiger partial charge in [0.2, 0.25) is 0 Å². The van der Waals surface area contributed by atoms with Gasteiger partial charge >= 0.3 is 5.97 Å². The van der Waals surface area contributed by atoms with Gasteiger partial charge in [0, 0.05) is 22.7 Å². The lowest BCUT2D eigenvalue weighted by molar-refractivity contribution is -0.128. The van der Waals surface area contributed by atoms with Crippen molar-refractivity contribution >= 4 is 16.9 Å². The first-order chi connectivity index (χ1) is 10.6. The number of aliphatic hydroxyl groups is 1. The van der Waals surface area contributed by atoms with Crippen LogP contribution in [0.1, 0.15) is 21.5 Å². The fraction of sp³-hybridized carbons (Fsp3) is 0.118. The summed E-state index contributed by atoms with van der Waals surface area (Å²) in [6.07, 6.45) is 1.65. The Morgan fingerprint density at radius 2 is 2.00 bits per heavy atom. The van der Waals surface area contributed by atoms with E-state index in [1.807, 2.05) is 12.1 Å². The largest absolute Gasteiger partial charge is 0.497 e. The van der Waals surface area contributed by atoms with Gasteiger partial charge in [-0.15, -0.1) is 0 Å². The third kappa shape index (κ3) is 1.60. The van der Waals surface area contributed by atoms with Crippen LogP contribution in [0.15, 0.2) is 48.7 Å². The summed E-state index contributed by atoms with van der Waals surface area (Å²) in [5.41, 5.74) is 2.13. The molecule has 1 aliphatic heterocycles. The number of methoxy groups -OCH3 is 1. The predicted molar refractivity (Wildman–Crippen MR) is 79.7 cm³/mol. The molecule has 0 bridgehead atoms. The van der Waals surface area contributed by atoms with Crippen molar-refractivity contribution in [3.63, 3.8) is 0 Å². The van der Waals surface area contributed by atoms with Gasteiger partial charge in [-0.25, -0.2) is 4.79 Å². The monoisotopic (exact) mass is 295 g/mol. The number of ether oxygens (including phenoxy) is 2. The lowest BCUT2D eigenvalue weighted by atomic mass is 9.95. The van der Waals surface area contributed by atoms with Crippen molar-refractivity contribution in [2.24, 2.45) is 0 Å². The Balaban J connectivity index is 1.97. The highest BCUT2D eigenvalue weighted by Gasteiger charge is 2.46. The Labute approximate surface area is 126 Å². The number of aromatic nitrogens is 1. The number of fused-ring (bicyclic) bond motifs is 2. The van der Waals surface area contributed by atoms with E-state index in [0.29, 0.717) is 22.4 Å². The van der Waals surface area contributed by atoms with E-state index >= 15 is 0 Å². The molecule has 5 heteroatoms. The molecule has 1 atom stereocenters. The quantitative estimate of drug-likeness (QED) is 0.713. The van der Waals surface area contributed by atoms with Crippen molar-refractivity contribution in [3.05, 3.63) is 65.4 Å². The number of rotatable bonds is 2. The van der Waals surface area contributed by atoms with Crippen LogP contribution in [0.25, 0.3) is 10.9 Å². The second-order valence-electron chi connectivity index (χ2n) is 5.19. The van der Waals surface area contributed by atoms with Crippen LogP contribution in [0.3, 0.4) is 0 Å². The Morgan fingerprint density at radius 3 is 2.82 bits per heavy atom. The molecule has 2 aromatic carbocycles. The summed E-state index contributed by atoms with van der Waals surface area (Å²) in [5, 5.41) is 11.8. The summed E-state index contributed by atoms with van der Waals surface area (Å²) >= 11 is 0. The number of carbonyl (C=O) groups excluding carboxylic acids is 1. The highest BCUT2D eigenvalue weighted by Crippen LogP contribution is 2.42. The molecular weight excluding hydrogens is 282 g/mol. The topological polar surface area (TPSA) is 71.6 Å². The first kappa shape index (κ1) is 12.9. The van der Waals surface area contributed by atoms with Gasteiger partial charge in [-0.2, -0.15) is 0 Å². The molecule has 0 saturated carbocycles. The van der Waals surface area contributed by atoms with Crippen molar-refractivity contribution in [1.29, 1.82) is 0 Å². The molecule has 1 aromatic heterocycles. The van der Waals surface area contributed by atoms with Crippen molar-refractivity contribution in [1.82, 2.24) is 4.98 Å². The van der Waals surface area contributed by atoms with Gasteiger partial charge in [0.15, 0.2) is 0 Å². The van der Waals surface area contributed by atoms with E-state index < -0.39 is 11.8 Å². The average molecular weight is 295 g/mol.